The maximum absolute atomic E-state index is 12.3. The van der Waals surface area contributed by atoms with Crippen molar-refractivity contribution in [3.8, 4) is 0 Å². The first-order chi connectivity index (χ1) is 9.60. The van der Waals surface area contributed by atoms with Crippen LogP contribution in [0.5, 0.6) is 0 Å². The molecule has 0 radical (unpaired) electrons. The quantitative estimate of drug-likeness (QED) is 0.940. The summed E-state index contributed by atoms with van der Waals surface area (Å²) in [6, 6.07) is 6.14. The summed E-state index contributed by atoms with van der Waals surface area (Å²) in [5.74, 6) is 0.132. The summed E-state index contributed by atoms with van der Waals surface area (Å²) >= 11 is 6.06. The zero-order valence-electron chi connectivity index (χ0n) is 11.5. The van der Waals surface area contributed by atoms with E-state index >= 15 is 0 Å². The van der Waals surface area contributed by atoms with Crippen LogP contribution in [0.4, 0.5) is 0 Å². The highest BCUT2D eigenvalue weighted by Gasteiger charge is 2.29. The Balaban J connectivity index is 1.93. The lowest BCUT2D eigenvalue weighted by molar-refractivity contribution is -0.130. The molecular weight excluding hydrogens is 274 g/mol. The number of carbonyl (C=O) groups is 1. The van der Waals surface area contributed by atoms with Crippen LogP contribution < -0.4 is 5.73 Å². The monoisotopic (exact) mass is 291 g/mol. The van der Waals surface area contributed by atoms with Crippen LogP contribution in [0, 0.1) is 0 Å². The molecule has 0 saturated heterocycles. The first-order valence-corrected chi connectivity index (χ1v) is 7.21. The molecule has 0 aliphatic heterocycles. The fourth-order valence-corrected chi connectivity index (χ4v) is 2.72. The highest BCUT2D eigenvalue weighted by Crippen LogP contribution is 2.27. The number of likely N-dealkylation sites (N-methyl/N-ethyl adjacent to an activating group) is 1. The van der Waals surface area contributed by atoms with E-state index in [1.165, 1.54) is 0 Å². The van der Waals surface area contributed by atoms with Gasteiger partial charge in [-0.25, -0.2) is 0 Å². The molecule has 2 N–H and O–H groups in total. The van der Waals surface area contributed by atoms with Gasteiger partial charge >= 0.3 is 0 Å². The minimum absolute atomic E-state index is 0.132. The third-order valence-corrected chi connectivity index (χ3v) is 4.18. The first-order valence-electron chi connectivity index (χ1n) is 6.83. The number of nitrogens with two attached hydrogens (primary N) is 1. The predicted octanol–water partition coefficient (Wildman–Crippen LogP) is 2.37. The van der Waals surface area contributed by atoms with Crippen molar-refractivity contribution in [3.05, 3.63) is 35.0 Å². The first kappa shape index (κ1) is 13.5. The molecule has 1 aliphatic carbocycles. The van der Waals surface area contributed by atoms with Crippen molar-refractivity contribution in [1.29, 1.82) is 0 Å². The Bertz CT molecular complexity index is 660. The van der Waals surface area contributed by atoms with Crippen molar-refractivity contribution >= 4 is 28.4 Å². The minimum atomic E-state index is 0.132. The predicted molar refractivity (Wildman–Crippen MR) is 80.6 cm³/mol. The van der Waals surface area contributed by atoms with E-state index in [1.807, 2.05) is 40.9 Å². The van der Waals surface area contributed by atoms with Crippen LogP contribution in [-0.2, 0) is 17.9 Å². The van der Waals surface area contributed by atoms with E-state index < -0.39 is 0 Å². The number of aromatic nitrogens is 1. The molecule has 1 heterocycles. The zero-order valence-corrected chi connectivity index (χ0v) is 12.2. The van der Waals surface area contributed by atoms with Gasteiger partial charge in [-0.1, -0.05) is 17.7 Å². The molecule has 3 rings (SSSR count). The van der Waals surface area contributed by atoms with E-state index in [0.29, 0.717) is 24.2 Å². The maximum atomic E-state index is 12.3. The number of rotatable bonds is 4. The van der Waals surface area contributed by atoms with Gasteiger partial charge in [-0.3, -0.25) is 4.79 Å². The van der Waals surface area contributed by atoms with Crippen LogP contribution in [0.25, 0.3) is 10.9 Å². The van der Waals surface area contributed by atoms with E-state index in [-0.39, 0.29) is 5.91 Å². The second-order valence-electron chi connectivity index (χ2n) is 5.38. The number of hydrogen-bond acceptors (Lipinski definition) is 2. The van der Waals surface area contributed by atoms with Crippen molar-refractivity contribution in [3.63, 3.8) is 0 Å². The third kappa shape index (κ3) is 2.41. The number of fused-ring (bicyclic) bond motifs is 1. The van der Waals surface area contributed by atoms with Crippen LogP contribution >= 0.6 is 11.6 Å². The molecule has 4 nitrogen and oxygen atoms in total. The van der Waals surface area contributed by atoms with Crippen LogP contribution in [0.1, 0.15) is 18.4 Å². The molecule has 0 unspecified atom stereocenters. The third-order valence-electron chi connectivity index (χ3n) is 3.94. The van der Waals surface area contributed by atoms with E-state index in [0.717, 1.165) is 29.3 Å². The molecule has 1 aromatic heterocycles. The fourth-order valence-electron chi connectivity index (χ4n) is 2.56. The van der Waals surface area contributed by atoms with Crippen molar-refractivity contribution in [1.82, 2.24) is 9.47 Å². The Morgan fingerprint density at radius 2 is 2.25 bits per heavy atom. The lowest BCUT2D eigenvalue weighted by Gasteiger charge is -2.17. The van der Waals surface area contributed by atoms with Crippen molar-refractivity contribution in [2.24, 2.45) is 5.73 Å². The van der Waals surface area contributed by atoms with Gasteiger partial charge in [0.15, 0.2) is 0 Å². The Morgan fingerprint density at radius 3 is 2.90 bits per heavy atom. The van der Waals surface area contributed by atoms with Crippen molar-refractivity contribution in [2.75, 3.05) is 7.05 Å². The number of nitrogens with zero attached hydrogens (tertiary/aromatic N) is 2. The second-order valence-corrected chi connectivity index (χ2v) is 5.82. The van der Waals surface area contributed by atoms with Crippen molar-refractivity contribution in [2.45, 2.75) is 32.0 Å². The summed E-state index contributed by atoms with van der Waals surface area (Å²) in [4.78, 5) is 14.1. The summed E-state index contributed by atoms with van der Waals surface area (Å²) in [6.45, 7) is 0.793. The Morgan fingerprint density at radius 1 is 1.50 bits per heavy atom. The summed E-state index contributed by atoms with van der Waals surface area (Å²) in [7, 11) is 1.88. The van der Waals surface area contributed by atoms with Gasteiger partial charge in [-0.05, 0) is 30.5 Å². The average molecular weight is 292 g/mol. The number of halogens is 1. The van der Waals surface area contributed by atoms with Gasteiger partial charge < -0.3 is 15.2 Å². The topological polar surface area (TPSA) is 51.3 Å². The van der Waals surface area contributed by atoms with Gasteiger partial charge in [-0.2, -0.15) is 0 Å². The Hall–Kier alpha value is -1.52. The van der Waals surface area contributed by atoms with Crippen LogP contribution in [0.2, 0.25) is 5.02 Å². The lowest BCUT2D eigenvalue weighted by Crippen LogP contribution is -2.31. The highest BCUT2D eigenvalue weighted by atomic mass is 35.5. The SMILES string of the molecule is CN(C(=O)Cn1cc(CN)c2ccc(Cl)cc21)C1CC1. The molecule has 1 fully saturated rings. The van der Waals surface area contributed by atoms with E-state index in [4.69, 9.17) is 17.3 Å². The summed E-state index contributed by atoms with van der Waals surface area (Å²) in [6.07, 6.45) is 4.20. The van der Waals surface area contributed by atoms with Gasteiger partial charge in [-0.15, -0.1) is 0 Å². The number of amides is 1. The summed E-state index contributed by atoms with van der Waals surface area (Å²) in [5.41, 5.74) is 7.78. The molecular formula is C15H18ClN3O. The van der Waals surface area contributed by atoms with Gasteiger partial charge in [0.2, 0.25) is 5.91 Å². The minimum Gasteiger partial charge on any atom is -0.341 e. The normalized spacial score (nSPS) is 14.8. The molecule has 1 amide bonds. The Kier molecular flexibility index (Phi) is 3.44. The number of benzene rings is 1. The molecule has 0 spiro atoms. The largest absolute Gasteiger partial charge is 0.341 e. The lowest BCUT2D eigenvalue weighted by atomic mass is 10.2. The summed E-state index contributed by atoms with van der Waals surface area (Å²) in [5, 5.41) is 1.74. The molecule has 1 aliphatic rings. The zero-order chi connectivity index (χ0) is 14.3. The van der Waals surface area contributed by atoms with Crippen LogP contribution in [0.3, 0.4) is 0 Å². The maximum Gasteiger partial charge on any atom is 0.242 e. The van der Waals surface area contributed by atoms with E-state index in [9.17, 15) is 4.79 Å². The molecule has 20 heavy (non-hydrogen) atoms. The Labute approximate surface area is 123 Å². The van der Waals surface area contributed by atoms with E-state index in [1.54, 1.807) is 0 Å². The smallest absolute Gasteiger partial charge is 0.242 e. The molecule has 5 heteroatoms. The molecule has 0 atom stereocenters. The molecule has 0 bridgehead atoms. The molecule has 2 aromatic rings. The second kappa shape index (κ2) is 5.11. The van der Waals surface area contributed by atoms with Crippen molar-refractivity contribution < 1.29 is 4.79 Å². The van der Waals surface area contributed by atoms with Gasteiger partial charge in [0.25, 0.3) is 0 Å². The summed E-state index contributed by atoms with van der Waals surface area (Å²) < 4.78 is 1.95. The van der Waals surface area contributed by atoms with Gasteiger partial charge in [0, 0.05) is 36.2 Å². The molecule has 1 aromatic carbocycles. The van der Waals surface area contributed by atoms with E-state index in [2.05, 4.69) is 0 Å². The van der Waals surface area contributed by atoms with Gasteiger partial charge in [0.05, 0.1) is 5.52 Å². The van der Waals surface area contributed by atoms with Crippen LogP contribution in [0.15, 0.2) is 24.4 Å². The average Bonchev–Trinajstić information content (AvgIpc) is 3.22. The standard InChI is InChI=1S/C15H18ClN3O/c1-18(12-3-4-12)15(20)9-19-8-10(7-17)13-5-2-11(16)6-14(13)19/h2,5-6,8,12H,3-4,7,9,17H2,1H3. The van der Waals surface area contributed by atoms with Crippen LogP contribution in [-0.4, -0.2) is 28.5 Å². The highest BCUT2D eigenvalue weighted by molar-refractivity contribution is 6.31. The molecule has 106 valence electrons. The number of hydrogen-bond donors (Lipinski definition) is 1. The molecule has 1 saturated carbocycles. The van der Waals surface area contributed by atoms with Gasteiger partial charge in [0.1, 0.15) is 6.54 Å². The fraction of sp³-hybridized carbons (Fsp3) is 0.400. The number of carbonyl (C=O) groups excluding carboxylic acids is 1.